The number of aromatic nitrogens is 6. The number of rotatable bonds is 12. The lowest BCUT2D eigenvalue weighted by molar-refractivity contribution is -0.192. The first-order valence-corrected chi connectivity index (χ1v) is 21.6. The molecule has 9 heteroatoms. The number of fused-ring (bicyclic) bond motifs is 2. The highest BCUT2D eigenvalue weighted by molar-refractivity contribution is 5.81. The van der Waals surface area contributed by atoms with E-state index in [4.69, 9.17) is 20.1 Å². The quantitative estimate of drug-likeness (QED) is 0.114. The molecule has 0 spiro atoms. The summed E-state index contributed by atoms with van der Waals surface area (Å²) in [7, 11) is 0. The first-order valence-electron chi connectivity index (χ1n) is 21.6. The molecular weight excluding hydrogens is 755 g/mol. The third-order valence-corrected chi connectivity index (χ3v) is 12.8. The summed E-state index contributed by atoms with van der Waals surface area (Å²) in [5.41, 5.74) is 7.47. The minimum Gasteiger partial charge on any atom is -0.292 e. The maximum atomic E-state index is 14.5. The lowest BCUT2D eigenvalue weighted by Gasteiger charge is -2.36. The lowest BCUT2D eigenvalue weighted by atomic mass is 9.77. The Kier molecular flexibility index (Phi) is 10.2. The van der Waals surface area contributed by atoms with Crippen LogP contribution in [-0.2, 0) is 28.9 Å². The van der Waals surface area contributed by atoms with Gasteiger partial charge in [0.25, 0.3) is 5.56 Å². The Labute approximate surface area is 356 Å². The number of hydroxylamine groups is 2. The van der Waals surface area contributed by atoms with Crippen LogP contribution < -0.4 is 5.56 Å². The molecule has 9 nitrogen and oxygen atoms in total. The fourth-order valence-electron chi connectivity index (χ4n) is 9.72. The van der Waals surface area contributed by atoms with Gasteiger partial charge in [-0.05, 0) is 87.7 Å². The Bertz CT molecular complexity index is 2750. The molecule has 0 bridgehead atoms. The largest absolute Gasteiger partial charge is 0.292 e. The number of aryl methyl sites for hydroxylation is 1. The predicted molar refractivity (Wildman–Crippen MR) is 240 cm³/mol. The molecule has 0 aliphatic carbocycles. The highest BCUT2D eigenvalue weighted by atomic mass is 16.7. The summed E-state index contributed by atoms with van der Waals surface area (Å²) >= 11 is 0. The first kappa shape index (κ1) is 38.6. The third-order valence-electron chi connectivity index (χ3n) is 12.8. The van der Waals surface area contributed by atoms with E-state index in [-0.39, 0.29) is 5.56 Å². The zero-order valence-electron chi connectivity index (χ0n) is 34.7. The maximum Gasteiger partial charge on any atom is 0.261 e. The van der Waals surface area contributed by atoms with Gasteiger partial charge in [-0.15, -0.1) is 5.10 Å². The molecule has 2 fully saturated rings. The van der Waals surface area contributed by atoms with Crippen LogP contribution in [0.25, 0.3) is 33.4 Å². The smallest absolute Gasteiger partial charge is 0.261 e. The molecule has 2 aliphatic heterocycles. The van der Waals surface area contributed by atoms with Gasteiger partial charge in [-0.3, -0.25) is 14.2 Å². The second-order valence-electron chi connectivity index (χ2n) is 16.7. The molecule has 0 amide bonds. The van der Waals surface area contributed by atoms with Crippen LogP contribution >= 0.6 is 0 Å². The zero-order chi connectivity index (χ0) is 41.4. The number of tetrazole rings is 1. The van der Waals surface area contributed by atoms with E-state index < -0.39 is 11.1 Å². The normalized spacial score (nSPS) is 17.8. The van der Waals surface area contributed by atoms with Gasteiger partial charge in [0, 0.05) is 31.0 Å². The van der Waals surface area contributed by atoms with Gasteiger partial charge in [-0.1, -0.05) is 159 Å². The van der Waals surface area contributed by atoms with Crippen molar-refractivity contribution in [1.82, 2.24) is 34.8 Å². The van der Waals surface area contributed by atoms with Crippen LogP contribution in [0.5, 0.6) is 0 Å². The monoisotopic (exact) mass is 803 g/mol. The molecule has 8 aromatic rings. The Hall–Kier alpha value is -6.55. The molecule has 0 unspecified atom stereocenters. The van der Waals surface area contributed by atoms with E-state index in [1.807, 2.05) is 45.6 Å². The summed E-state index contributed by atoms with van der Waals surface area (Å²) in [5, 5.41) is 16.7. The number of unbranched alkanes of at least 4 members (excludes halogenated alkanes) is 1. The van der Waals surface area contributed by atoms with Crippen LogP contribution in [-0.4, -0.2) is 47.4 Å². The Balaban J connectivity index is 1.03. The fraction of sp³-hybridized carbons (Fsp3) is 0.250. The van der Waals surface area contributed by atoms with E-state index in [2.05, 4.69) is 145 Å². The van der Waals surface area contributed by atoms with Crippen LogP contribution in [0.1, 0.15) is 79.6 Å². The van der Waals surface area contributed by atoms with Crippen LogP contribution in [0.15, 0.2) is 163 Å². The minimum atomic E-state index is -0.879. The molecule has 2 aliphatic rings. The number of hydrogen-bond donors (Lipinski definition) is 0. The van der Waals surface area contributed by atoms with Crippen molar-refractivity contribution in [2.24, 2.45) is 0 Å². The second-order valence-corrected chi connectivity index (χ2v) is 16.7. The molecule has 2 saturated heterocycles. The van der Waals surface area contributed by atoms with Gasteiger partial charge in [0.1, 0.15) is 17.0 Å². The van der Waals surface area contributed by atoms with Crippen LogP contribution in [0.4, 0.5) is 0 Å². The second kappa shape index (κ2) is 16.1. The Morgan fingerprint density at radius 1 is 0.770 bits per heavy atom. The van der Waals surface area contributed by atoms with E-state index >= 15 is 0 Å². The summed E-state index contributed by atoms with van der Waals surface area (Å²) in [5.74, 6) is 1.46. The summed E-state index contributed by atoms with van der Waals surface area (Å²) in [6.45, 7) is 5.70. The van der Waals surface area contributed by atoms with Crippen molar-refractivity contribution >= 4 is 10.9 Å². The molecule has 0 N–H and O–H groups in total. The predicted octanol–water partition coefficient (Wildman–Crippen LogP) is 9.96. The van der Waals surface area contributed by atoms with E-state index in [9.17, 15) is 4.79 Å². The maximum absolute atomic E-state index is 14.5. The van der Waals surface area contributed by atoms with Crippen molar-refractivity contribution < 1.29 is 4.84 Å². The van der Waals surface area contributed by atoms with E-state index in [0.717, 1.165) is 94.5 Å². The van der Waals surface area contributed by atoms with Gasteiger partial charge in [0.2, 0.25) is 0 Å². The third kappa shape index (κ3) is 6.88. The first-order chi connectivity index (χ1) is 30.0. The molecule has 0 radical (unpaired) electrons. The van der Waals surface area contributed by atoms with Crippen molar-refractivity contribution in [3.05, 3.63) is 202 Å². The Morgan fingerprint density at radius 3 is 2.05 bits per heavy atom. The highest BCUT2D eigenvalue weighted by Gasteiger charge is 2.46. The van der Waals surface area contributed by atoms with Gasteiger partial charge < -0.3 is 0 Å². The summed E-state index contributed by atoms with van der Waals surface area (Å²) in [4.78, 5) is 26.1. The van der Waals surface area contributed by atoms with Crippen LogP contribution in [0.3, 0.4) is 0 Å². The van der Waals surface area contributed by atoms with Crippen molar-refractivity contribution in [1.29, 1.82) is 0 Å². The van der Waals surface area contributed by atoms with Crippen molar-refractivity contribution in [2.45, 2.75) is 76.1 Å². The van der Waals surface area contributed by atoms with E-state index in [1.54, 1.807) is 0 Å². The molecule has 304 valence electrons. The fourth-order valence-corrected chi connectivity index (χ4v) is 9.72. The molecule has 2 aromatic heterocycles. The molecule has 6 aromatic carbocycles. The average molecular weight is 804 g/mol. The topological polar surface area (TPSA) is 91.0 Å². The summed E-state index contributed by atoms with van der Waals surface area (Å²) in [6, 6.07) is 54.7. The molecule has 10 rings (SSSR count). The van der Waals surface area contributed by atoms with Crippen molar-refractivity contribution in [3.63, 3.8) is 0 Å². The minimum absolute atomic E-state index is 0.0139. The van der Waals surface area contributed by atoms with E-state index in [1.165, 1.54) is 6.42 Å². The number of nitrogens with zero attached hydrogens (tertiary/aromatic N) is 7. The standard InChI is InChI=1S/C52H49N7O2/c1-3-4-26-48-53-47-32-31-42(51(2)35-43-23-16-33-58(43)61-51)34-46(47)50(60)57(48)36-37-27-29-38(30-28-37)44-24-14-15-25-45(44)49-54-55-56-59(49)52(39-17-8-5-9-18-39,40-19-10-6-11-20-40)41-21-12-7-13-22-41/h5-15,17-22,24-25,27-32,34,43H,3-4,16,23,26,33,35-36H2,1-2H3/t43-,51+/m1/s1. The van der Waals surface area contributed by atoms with Gasteiger partial charge in [0.15, 0.2) is 5.82 Å². The van der Waals surface area contributed by atoms with Gasteiger partial charge in [-0.2, -0.15) is 5.06 Å². The number of benzene rings is 6. The van der Waals surface area contributed by atoms with Crippen LogP contribution in [0, 0.1) is 0 Å². The van der Waals surface area contributed by atoms with Gasteiger partial charge in [0.05, 0.1) is 17.4 Å². The molecule has 4 heterocycles. The van der Waals surface area contributed by atoms with E-state index in [0.29, 0.717) is 23.8 Å². The summed E-state index contributed by atoms with van der Waals surface area (Å²) in [6.07, 6.45) is 5.94. The lowest BCUT2D eigenvalue weighted by Crippen LogP contribution is -2.39. The average Bonchev–Trinajstić information content (AvgIpc) is 4.05. The molecule has 0 saturated carbocycles. The van der Waals surface area contributed by atoms with Crippen molar-refractivity contribution in [2.75, 3.05) is 6.54 Å². The zero-order valence-corrected chi connectivity index (χ0v) is 34.7. The van der Waals surface area contributed by atoms with Crippen LogP contribution in [0.2, 0.25) is 0 Å². The summed E-state index contributed by atoms with van der Waals surface area (Å²) < 4.78 is 3.86. The van der Waals surface area contributed by atoms with Gasteiger partial charge in [-0.25, -0.2) is 9.67 Å². The van der Waals surface area contributed by atoms with Crippen molar-refractivity contribution in [3.8, 4) is 22.5 Å². The SMILES string of the molecule is CCCCc1nc2ccc([C@]3(C)C[C@H]4CCCN4O3)cc2c(=O)n1Cc1ccc(-c2ccccc2-c2nnnn2C(c2ccccc2)(c2ccccc2)c2ccccc2)cc1. The van der Waals surface area contributed by atoms with Gasteiger partial charge >= 0.3 is 0 Å². The molecular formula is C52H49N7O2. The number of hydrogen-bond acceptors (Lipinski definition) is 7. The molecule has 61 heavy (non-hydrogen) atoms. The highest BCUT2D eigenvalue weighted by Crippen LogP contribution is 2.45. The molecule has 2 atom stereocenters. The Morgan fingerprint density at radius 2 is 1.41 bits per heavy atom.